The summed E-state index contributed by atoms with van der Waals surface area (Å²) in [5, 5.41) is 13.7. The Morgan fingerprint density at radius 2 is 2.20 bits per heavy atom. The fourth-order valence-electron chi connectivity index (χ4n) is 1.35. The summed E-state index contributed by atoms with van der Waals surface area (Å²) in [6.45, 7) is 7.77. The van der Waals surface area contributed by atoms with Gasteiger partial charge in [0.25, 0.3) is 5.88 Å². The van der Waals surface area contributed by atoms with Crippen molar-refractivity contribution < 1.29 is 14.4 Å². The number of aromatic nitrogens is 2. The first-order valence-corrected chi connectivity index (χ1v) is 6.50. The molecule has 0 saturated carbocycles. The summed E-state index contributed by atoms with van der Waals surface area (Å²) in [5.74, 6) is 0.689. The molecule has 8 heteroatoms. The Kier molecular flexibility index (Phi) is 6.65. The lowest BCUT2D eigenvalue weighted by molar-refractivity contribution is -0.386. The molecule has 0 saturated heterocycles. The van der Waals surface area contributed by atoms with Crippen molar-refractivity contribution in [2.45, 2.75) is 20.8 Å². The maximum Gasteiger partial charge on any atom is 0.349 e. The van der Waals surface area contributed by atoms with E-state index in [1.807, 2.05) is 20.8 Å². The molecule has 0 atom stereocenters. The fourth-order valence-corrected chi connectivity index (χ4v) is 1.35. The van der Waals surface area contributed by atoms with Crippen LogP contribution in [0.2, 0.25) is 0 Å². The van der Waals surface area contributed by atoms with Crippen LogP contribution >= 0.6 is 0 Å². The van der Waals surface area contributed by atoms with Crippen LogP contribution in [-0.4, -0.2) is 41.3 Å². The number of anilines is 1. The Hall–Kier alpha value is -1.96. The Morgan fingerprint density at radius 3 is 2.80 bits per heavy atom. The van der Waals surface area contributed by atoms with E-state index in [1.165, 1.54) is 0 Å². The summed E-state index contributed by atoms with van der Waals surface area (Å²) in [6.07, 6.45) is 1.13. The van der Waals surface area contributed by atoms with Crippen molar-refractivity contribution in [3.63, 3.8) is 0 Å². The van der Waals surface area contributed by atoms with Crippen molar-refractivity contribution in [3.8, 4) is 5.88 Å². The van der Waals surface area contributed by atoms with Gasteiger partial charge in [-0.15, -0.1) is 0 Å². The number of rotatable bonds is 9. The predicted molar refractivity (Wildman–Crippen MR) is 74.0 cm³/mol. The lowest BCUT2D eigenvalue weighted by atomic mass is 10.2. The van der Waals surface area contributed by atoms with Gasteiger partial charge in [0, 0.05) is 13.2 Å². The first kappa shape index (κ1) is 16.1. The molecule has 0 fully saturated rings. The molecule has 1 N–H and O–H groups in total. The Labute approximate surface area is 117 Å². The van der Waals surface area contributed by atoms with Crippen molar-refractivity contribution in [2.24, 2.45) is 5.92 Å². The third-order valence-corrected chi connectivity index (χ3v) is 2.18. The summed E-state index contributed by atoms with van der Waals surface area (Å²) >= 11 is 0. The second-order valence-electron chi connectivity index (χ2n) is 4.49. The number of hydrogen-bond acceptors (Lipinski definition) is 7. The average Bonchev–Trinajstić information content (AvgIpc) is 2.38. The highest BCUT2D eigenvalue weighted by Crippen LogP contribution is 2.24. The highest BCUT2D eigenvalue weighted by Gasteiger charge is 2.18. The van der Waals surface area contributed by atoms with Gasteiger partial charge < -0.3 is 14.8 Å². The van der Waals surface area contributed by atoms with Crippen LogP contribution < -0.4 is 10.1 Å². The van der Waals surface area contributed by atoms with Crippen LogP contribution in [0.4, 0.5) is 11.6 Å². The average molecular weight is 284 g/mol. The minimum atomic E-state index is -0.569. The second-order valence-corrected chi connectivity index (χ2v) is 4.49. The number of nitrogens with zero attached hydrogens (tertiary/aromatic N) is 3. The summed E-state index contributed by atoms with van der Waals surface area (Å²) in [5.41, 5.74) is -0.254. The number of nitrogens with one attached hydrogen (secondary N) is 1. The zero-order chi connectivity index (χ0) is 15.0. The van der Waals surface area contributed by atoms with Crippen molar-refractivity contribution in [1.82, 2.24) is 9.97 Å². The lowest BCUT2D eigenvalue weighted by Crippen LogP contribution is -2.12. The molecule has 1 aromatic rings. The molecule has 1 rings (SSSR count). The van der Waals surface area contributed by atoms with E-state index in [0.717, 1.165) is 6.20 Å². The molecule has 0 aliphatic rings. The van der Waals surface area contributed by atoms with Gasteiger partial charge in [-0.25, -0.2) is 4.98 Å². The summed E-state index contributed by atoms with van der Waals surface area (Å²) < 4.78 is 10.7. The van der Waals surface area contributed by atoms with Gasteiger partial charge in [-0.1, -0.05) is 13.8 Å². The first-order valence-electron chi connectivity index (χ1n) is 6.50. The zero-order valence-corrected chi connectivity index (χ0v) is 12.0. The van der Waals surface area contributed by atoms with Gasteiger partial charge in [0.05, 0.1) is 11.5 Å². The molecular formula is C12H20N4O4. The highest BCUT2D eigenvalue weighted by atomic mass is 16.6. The van der Waals surface area contributed by atoms with E-state index < -0.39 is 4.92 Å². The van der Waals surface area contributed by atoms with E-state index in [0.29, 0.717) is 31.6 Å². The topological polar surface area (TPSA) is 99.4 Å². The van der Waals surface area contributed by atoms with Crippen LogP contribution in [0.15, 0.2) is 6.20 Å². The lowest BCUT2D eigenvalue weighted by Gasteiger charge is -2.09. The Morgan fingerprint density at radius 1 is 1.45 bits per heavy atom. The molecule has 0 bridgehead atoms. The van der Waals surface area contributed by atoms with Crippen LogP contribution in [0.5, 0.6) is 5.88 Å². The Bertz CT molecular complexity index is 439. The monoisotopic (exact) mass is 284 g/mol. The van der Waals surface area contributed by atoms with Crippen molar-refractivity contribution in [3.05, 3.63) is 16.3 Å². The molecule has 1 heterocycles. The number of ether oxygens (including phenoxy) is 2. The van der Waals surface area contributed by atoms with E-state index in [2.05, 4.69) is 15.3 Å². The van der Waals surface area contributed by atoms with Gasteiger partial charge in [0.1, 0.15) is 12.8 Å². The van der Waals surface area contributed by atoms with E-state index in [4.69, 9.17) is 9.47 Å². The van der Waals surface area contributed by atoms with Crippen LogP contribution in [0.1, 0.15) is 20.8 Å². The van der Waals surface area contributed by atoms with Gasteiger partial charge in [0.15, 0.2) is 0 Å². The van der Waals surface area contributed by atoms with E-state index in [1.54, 1.807) is 0 Å². The van der Waals surface area contributed by atoms with Crippen LogP contribution in [0.25, 0.3) is 0 Å². The molecule has 0 aliphatic carbocycles. The van der Waals surface area contributed by atoms with E-state index in [-0.39, 0.29) is 18.2 Å². The molecule has 0 aromatic carbocycles. The third-order valence-electron chi connectivity index (χ3n) is 2.18. The number of hydrogen-bond donors (Lipinski definition) is 1. The van der Waals surface area contributed by atoms with Crippen molar-refractivity contribution >= 4 is 11.6 Å². The zero-order valence-electron chi connectivity index (χ0n) is 12.0. The van der Waals surface area contributed by atoms with Crippen molar-refractivity contribution in [2.75, 3.05) is 31.7 Å². The maximum absolute atomic E-state index is 10.9. The van der Waals surface area contributed by atoms with Gasteiger partial charge in [0.2, 0.25) is 5.95 Å². The predicted octanol–water partition coefficient (Wildman–Crippen LogP) is 1.87. The van der Waals surface area contributed by atoms with Gasteiger partial charge >= 0.3 is 5.69 Å². The van der Waals surface area contributed by atoms with Gasteiger partial charge in [-0.2, -0.15) is 4.98 Å². The van der Waals surface area contributed by atoms with Crippen LogP contribution in [0.3, 0.4) is 0 Å². The molecule has 0 aliphatic heterocycles. The van der Waals surface area contributed by atoms with Gasteiger partial charge in [-0.3, -0.25) is 10.1 Å². The molecule has 0 unspecified atom stereocenters. The Balaban J connectivity index is 2.60. The maximum atomic E-state index is 10.9. The SMILES string of the molecule is CCNc1ncc([N+](=O)[O-])c(OCCOCC(C)C)n1. The van der Waals surface area contributed by atoms with E-state index >= 15 is 0 Å². The van der Waals surface area contributed by atoms with Crippen LogP contribution in [-0.2, 0) is 4.74 Å². The van der Waals surface area contributed by atoms with Gasteiger partial charge in [-0.05, 0) is 12.8 Å². The molecule has 8 nitrogen and oxygen atoms in total. The molecule has 0 amide bonds. The van der Waals surface area contributed by atoms with E-state index in [9.17, 15) is 10.1 Å². The molecule has 20 heavy (non-hydrogen) atoms. The minimum absolute atomic E-state index is 0.0471. The standard InChI is InChI=1S/C12H20N4O4/c1-4-13-12-14-7-10(16(17)18)11(15-12)20-6-5-19-8-9(2)3/h7,9H,4-6,8H2,1-3H3,(H,13,14,15). The molecule has 1 aromatic heterocycles. The molecule has 0 spiro atoms. The third kappa shape index (κ3) is 5.35. The summed E-state index contributed by atoms with van der Waals surface area (Å²) in [6, 6.07) is 0. The molecule has 0 radical (unpaired) electrons. The quantitative estimate of drug-likeness (QED) is 0.419. The summed E-state index contributed by atoms with van der Waals surface area (Å²) in [7, 11) is 0. The first-order chi connectivity index (χ1) is 9.54. The molecule has 112 valence electrons. The van der Waals surface area contributed by atoms with Crippen molar-refractivity contribution in [1.29, 1.82) is 0 Å². The largest absolute Gasteiger partial charge is 0.470 e. The number of nitro groups is 1. The molecular weight excluding hydrogens is 264 g/mol. The fraction of sp³-hybridized carbons (Fsp3) is 0.667. The summed E-state index contributed by atoms with van der Waals surface area (Å²) in [4.78, 5) is 18.1. The smallest absolute Gasteiger partial charge is 0.349 e. The normalized spacial score (nSPS) is 10.6. The van der Waals surface area contributed by atoms with Crippen LogP contribution in [0, 0.1) is 16.0 Å². The minimum Gasteiger partial charge on any atom is -0.470 e. The second kappa shape index (κ2) is 8.26. The highest BCUT2D eigenvalue weighted by molar-refractivity contribution is 5.43.